The minimum atomic E-state index is -0.179. The summed E-state index contributed by atoms with van der Waals surface area (Å²) in [5.74, 6) is 1.27. The minimum absolute atomic E-state index is 0.179. The van der Waals surface area contributed by atoms with Crippen molar-refractivity contribution >= 4 is 27.5 Å². The van der Waals surface area contributed by atoms with Gasteiger partial charge >= 0.3 is 0 Å². The van der Waals surface area contributed by atoms with Crippen LogP contribution in [0.1, 0.15) is 62.7 Å². The first-order chi connectivity index (χ1) is 13.7. The van der Waals surface area contributed by atoms with E-state index in [-0.39, 0.29) is 5.91 Å². The van der Waals surface area contributed by atoms with Crippen LogP contribution < -0.4 is 14.8 Å². The molecule has 0 saturated carbocycles. The van der Waals surface area contributed by atoms with Gasteiger partial charge in [-0.15, -0.1) is 0 Å². The van der Waals surface area contributed by atoms with Gasteiger partial charge in [-0.25, -0.2) is 0 Å². The minimum Gasteiger partial charge on any atom is -0.492 e. The summed E-state index contributed by atoms with van der Waals surface area (Å²) in [6, 6.07) is 12.9. The molecule has 0 spiro atoms. The molecule has 0 fully saturated rings. The number of hydrogen-bond acceptors (Lipinski definition) is 3. The zero-order chi connectivity index (χ0) is 20.2. The number of hydrogen-bond donors (Lipinski definition) is 1. The first-order valence-electron chi connectivity index (χ1n) is 10.1. The number of nitrogens with one attached hydrogen (secondary N) is 1. The Morgan fingerprint density at radius 2 is 1.61 bits per heavy atom. The van der Waals surface area contributed by atoms with Gasteiger partial charge in [-0.2, -0.15) is 0 Å². The van der Waals surface area contributed by atoms with Gasteiger partial charge in [-0.05, 0) is 59.1 Å². The Bertz CT molecular complexity index is 748. The number of rotatable bonds is 12. The third-order valence-corrected chi connectivity index (χ3v) is 4.96. The maximum Gasteiger partial charge on any atom is 0.255 e. The topological polar surface area (TPSA) is 47.6 Å². The quantitative estimate of drug-likeness (QED) is 0.362. The molecule has 0 aliphatic carbocycles. The molecule has 0 radical (unpaired) electrons. The zero-order valence-electron chi connectivity index (χ0n) is 16.8. The fourth-order valence-electron chi connectivity index (χ4n) is 2.69. The average molecular weight is 448 g/mol. The molecule has 5 heteroatoms. The van der Waals surface area contributed by atoms with E-state index < -0.39 is 0 Å². The van der Waals surface area contributed by atoms with Crippen LogP contribution in [0.2, 0.25) is 0 Å². The lowest BCUT2D eigenvalue weighted by Gasteiger charge is -2.13. The average Bonchev–Trinajstić information content (AvgIpc) is 2.70. The van der Waals surface area contributed by atoms with E-state index in [0.717, 1.165) is 29.5 Å². The Labute approximate surface area is 176 Å². The van der Waals surface area contributed by atoms with Gasteiger partial charge in [0.15, 0.2) is 0 Å². The van der Waals surface area contributed by atoms with Crippen LogP contribution in [0.3, 0.4) is 0 Å². The van der Waals surface area contributed by atoms with Crippen LogP contribution in [-0.2, 0) is 0 Å². The molecular weight excluding hydrogens is 418 g/mol. The summed E-state index contributed by atoms with van der Waals surface area (Å²) in [4.78, 5) is 12.7. The lowest BCUT2D eigenvalue weighted by molar-refractivity contribution is 0.102. The molecule has 0 unspecified atom stereocenters. The van der Waals surface area contributed by atoms with Crippen molar-refractivity contribution in [3.05, 3.63) is 52.5 Å². The Kier molecular flexibility index (Phi) is 9.91. The maximum atomic E-state index is 12.7. The second-order valence-corrected chi connectivity index (χ2v) is 7.56. The van der Waals surface area contributed by atoms with E-state index in [9.17, 15) is 4.79 Å². The van der Waals surface area contributed by atoms with Gasteiger partial charge in [0.25, 0.3) is 5.91 Å². The molecule has 0 heterocycles. The highest BCUT2D eigenvalue weighted by molar-refractivity contribution is 9.10. The molecule has 4 nitrogen and oxygen atoms in total. The van der Waals surface area contributed by atoms with Crippen LogP contribution in [0.4, 0.5) is 5.69 Å². The highest BCUT2D eigenvalue weighted by Crippen LogP contribution is 2.28. The van der Waals surface area contributed by atoms with Crippen LogP contribution in [0.15, 0.2) is 46.9 Å². The summed E-state index contributed by atoms with van der Waals surface area (Å²) in [5.41, 5.74) is 1.24. The summed E-state index contributed by atoms with van der Waals surface area (Å²) >= 11 is 3.51. The number of carbonyl (C=O) groups is 1. The summed E-state index contributed by atoms with van der Waals surface area (Å²) in [6.07, 6.45) is 6.70. The predicted molar refractivity (Wildman–Crippen MR) is 119 cm³/mol. The van der Waals surface area contributed by atoms with Crippen molar-refractivity contribution in [2.75, 3.05) is 18.5 Å². The molecule has 0 aliphatic rings. The smallest absolute Gasteiger partial charge is 0.255 e. The van der Waals surface area contributed by atoms with Crippen molar-refractivity contribution < 1.29 is 14.3 Å². The van der Waals surface area contributed by atoms with Gasteiger partial charge in [0, 0.05) is 5.56 Å². The van der Waals surface area contributed by atoms with Gasteiger partial charge in [-0.1, -0.05) is 51.7 Å². The molecule has 0 bridgehead atoms. The van der Waals surface area contributed by atoms with Gasteiger partial charge in [-0.3, -0.25) is 4.79 Å². The second kappa shape index (κ2) is 12.4. The second-order valence-electron chi connectivity index (χ2n) is 6.71. The van der Waals surface area contributed by atoms with E-state index in [1.165, 1.54) is 19.3 Å². The molecule has 1 amide bonds. The van der Waals surface area contributed by atoms with Crippen molar-refractivity contribution in [1.29, 1.82) is 0 Å². The van der Waals surface area contributed by atoms with Gasteiger partial charge in [0.05, 0.1) is 23.4 Å². The van der Waals surface area contributed by atoms with Crippen molar-refractivity contribution in [3.63, 3.8) is 0 Å². The van der Waals surface area contributed by atoms with E-state index >= 15 is 0 Å². The molecule has 2 aromatic rings. The van der Waals surface area contributed by atoms with Crippen molar-refractivity contribution in [1.82, 2.24) is 0 Å². The first kappa shape index (κ1) is 22.3. The monoisotopic (exact) mass is 447 g/mol. The third-order valence-electron chi connectivity index (χ3n) is 4.34. The number of ether oxygens (including phenoxy) is 2. The Morgan fingerprint density at radius 3 is 2.36 bits per heavy atom. The van der Waals surface area contributed by atoms with Crippen molar-refractivity contribution in [2.45, 2.75) is 52.4 Å². The van der Waals surface area contributed by atoms with Crippen LogP contribution in [0.5, 0.6) is 11.5 Å². The Morgan fingerprint density at radius 1 is 0.893 bits per heavy atom. The molecule has 0 saturated heterocycles. The van der Waals surface area contributed by atoms with Gasteiger partial charge in [0.2, 0.25) is 0 Å². The highest BCUT2D eigenvalue weighted by Gasteiger charge is 2.12. The fraction of sp³-hybridized carbons (Fsp3) is 0.435. The highest BCUT2D eigenvalue weighted by atomic mass is 79.9. The zero-order valence-corrected chi connectivity index (χ0v) is 18.4. The predicted octanol–water partition coefficient (Wildman–Crippen LogP) is 6.84. The molecule has 2 rings (SSSR count). The number of carbonyl (C=O) groups excluding carboxylic acids is 1. The SMILES string of the molecule is CCCCCCOc1ccc(C(=O)Nc2ccccc2OCCCC)cc1Br. The Hall–Kier alpha value is -2.01. The number of benzene rings is 2. The summed E-state index contributed by atoms with van der Waals surface area (Å²) < 4.78 is 12.4. The summed E-state index contributed by atoms with van der Waals surface area (Å²) in [7, 11) is 0. The van der Waals surface area contributed by atoms with Crippen molar-refractivity contribution in [3.8, 4) is 11.5 Å². The van der Waals surface area contributed by atoms with E-state index in [2.05, 4.69) is 35.1 Å². The molecule has 0 aromatic heterocycles. The lowest BCUT2D eigenvalue weighted by atomic mass is 10.2. The number of halogens is 1. The van der Waals surface area contributed by atoms with Crippen LogP contribution in [0, 0.1) is 0 Å². The number of unbranched alkanes of at least 4 members (excludes halogenated alkanes) is 4. The van der Waals surface area contributed by atoms with E-state index in [1.807, 2.05) is 30.3 Å². The summed E-state index contributed by atoms with van der Waals surface area (Å²) in [6.45, 7) is 5.64. The molecular formula is C23H30BrNO3. The molecule has 0 aliphatic heterocycles. The molecule has 0 atom stereocenters. The van der Waals surface area contributed by atoms with Gasteiger partial charge < -0.3 is 14.8 Å². The lowest BCUT2D eigenvalue weighted by Crippen LogP contribution is -2.13. The number of anilines is 1. The molecule has 1 N–H and O–H groups in total. The largest absolute Gasteiger partial charge is 0.492 e. The Balaban J connectivity index is 1.96. The molecule has 2 aromatic carbocycles. The van der Waals surface area contributed by atoms with E-state index in [0.29, 0.717) is 30.2 Å². The molecule has 28 heavy (non-hydrogen) atoms. The van der Waals surface area contributed by atoms with Gasteiger partial charge in [0.1, 0.15) is 11.5 Å². The van der Waals surface area contributed by atoms with E-state index in [4.69, 9.17) is 9.47 Å². The molecule has 152 valence electrons. The standard InChI is InChI=1S/C23H30BrNO3/c1-3-5-7-10-16-27-21-14-13-18(17-19(21)24)23(26)25-20-11-8-9-12-22(20)28-15-6-4-2/h8-9,11-14,17H,3-7,10,15-16H2,1-2H3,(H,25,26). The van der Waals surface area contributed by atoms with Crippen LogP contribution in [0.25, 0.3) is 0 Å². The third kappa shape index (κ3) is 7.19. The summed E-state index contributed by atoms with van der Waals surface area (Å²) in [5, 5.41) is 2.94. The van der Waals surface area contributed by atoms with Crippen LogP contribution in [-0.4, -0.2) is 19.1 Å². The van der Waals surface area contributed by atoms with E-state index in [1.54, 1.807) is 12.1 Å². The fourth-order valence-corrected chi connectivity index (χ4v) is 3.18. The number of para-hydroxylation sites is 2. The number of amides is 1. The normalized spacial score (nSPS) is 10.5. The first-order valence-corrected chi connectivity index (χ1v) is 10.9. The van der Waals surface area contributed by atoms with Crippen molar-refractivity contribution in [2.24, 2.45) is 0 Å². The van der Waals surface area contributed by atoms with Crippen LogP contribution >= 0.6 is 15.9 Å². The maximum absolute atomic E-state index is 12.7.